The van der Waals surface area contributed by atoms with Crippen LogP contribution in [-0.4, -0.2) is 43.4 Å². The summed E-state index contributed by atoms with van der Waals surface area (Å²) in [6.07, 6.45) is 3.59. The Labute approximate surface area is 191 Å². The van der Waals surface area contributed by atoms with E-state index in [0.717, 1.165) is 59.3 Å². The Morgan fingerprint density at radius 2 is 1.91 bits per heavy atom. The molecule has 0 bridgehead atoms. The number of carbonyl (C=O) groups excluding carboxylic acids is 1. The highest BCUT2D eigenvalue weighted by Gasteiger charge is 2.25. The molecule has 0 unspecified atom stereocenters. The SMILES string of the molecule is Cc1nc(Nc2cccc(C3CCN(C(=O)Cn4cnc5ccccc54)CC3)n2)sc1C. The van der Waals surface area contributed by atoms with Crippen LogP contribution in [-0.2, 0) is 11.3 Å². The molecule has 1 saturated heterocycles. The van der Waals surface area contributed by atoms with E-state index in [2.05, 4.69) is 28.3 Å². The van der Waals surface area contributed by atoms with Gasteiger partial charge in [-0.15, -0.1) is 11.3 Å². The Morgan fingerprint density at radius 1 is 1.09 bits per heavy atom. The molecule has 0 radical (unpaired) electrons. The Balaban J connectivity index is 1.20. The molecule has 4 aromatic rings. The lowest BCUT2D eigenvalue weighted by atomic mass is 9.93. The maximum Gasteiger partial charge on any atom is 0.242 e. The summed E-state index contributed by atoms with van der Waals surface area (Å²) >= 11 is 1.64. The van der Waals surface area contributed by atoms with E-state index in [1.807, 2.05) is 52.8 Å². The Morgan fingerprint density at radius 3 is 2.69 bits per heavy atom. The minimum absolute atomic E-state index is 0.143. The summed E-state index contributed by atoms with van der Waals surface area (Å²) < 4.78 is 1.93. The molecule has 1 fully saturated rings. The fourth-order valence-electron chi connectivity index (χ4n) is 4.19. The van der Waals surface area contributed by atoms with Crippen molar-refractivity contribution >= 4 is 39.2 Å². The summed E-state index contributed by atoms with van der Waals surface area (Å²) in [4.78, 5) is 29.8. The van der Waals surface area contributed by atoms with Gasteiger partial charge in [0, 0.05) is 29.6 Å². The molecule has 0 aliphatic carbocycles. The predicted octanol–water partition coefficient (Wildman–Crippen LogP) is 4.65. The lowest BCUT2D eigenvalue weighted by Crippen LogP contribution is -2.39. The molecule has 7 nitrogen and oxygen atoms in total. The average molecular weight is 447 g/mol. The maximum absolute atomic E-state index is 12.9. The molecule has 8 heteroatoms. The molecule has 1 N–H and O–H groups in total. The van der Waals surface area contributed by atoms with Crippen molar-refractivity contribution in [1.29, 1.82) is 0 Å². The zero-order valence-electron chi connectivity index (χ0n) is 18.3. The Kier molecular flexibility index (Phi) is 5.61. The summed E-state index contributed by atoms with van der Waals surface area (Å²) in [7, 11) is 0. The molecular formula is C24H26N6OS. The largest absolute Gasteiger partial charge is 0.341 e. The fraction of sp³-hybridized carbons (Fsp3) is 0.333. The minimum Gasteiger partial charge on any atom is -0.341 e. The quantitative estimate of drug-likeness (QED) is 0.483. The number of aromatic nitrogens is 4. The predicted molar refractivity (Wildman–Crippen MR) is 127 cm³/mol. The highest BCUT2D eigenvalue weighted by atomic mass is 32.1. The number of anilines is 2. The smallest absolute Gasteiger partial charge is 0.242 e. The van der Waals surface area contributed by atoms with Crippen molar-refractivity contribution in [3.8, 4) is 0 Å². The number of fused-ring (bicyclic) bond motifs is 1. The number of thiazole rings is 1. The maximum atomic E-state index is 12.9. The molecule has 0 spiro atoms. The molecule has 164 valence electrons. The van der Waals surface area contributed by atoms with Gasteiger partial charge in [-0.1, -0.05) is 18.2 Å². The van der Waals surface area contributed by atoms with E-state index in [-0.39, 0.29) is 5.91 Å². The molecule has 32 heavy (non-hydrogen) atoms. The highest BCUT2D eigenvalue weighted by molar-refractivity contribution is 7.15. The van der Waals surface area contributed by atoms with E-state index in [1.54, 1.807) is 17.7 Å². The van der Waals surface area contributed by atoms with Crippen LogP contribution in [0, 0.1) is 13.8 Å². The van der Waals surface area contributed by atoms with Crippen molar-refractivity contribution in [2.75, 3.05) is 18.4 Å². The summed E-state index contributed by atoms with van der Waals surface area (Å²) in [5.41, 5.74) is 4.04. The average Bonchev–Trinajstić information content (AvgIpc) is 3.36. The lowest BCUT2D eigenvalue weighted by Gasteiger charge is -2.32. The minimum atomic E-state index is 0.143. The van der Waals surface area contributed by atoms with Gasteiger partial charge in [-0.2, -0.15) is 0 Å². The number of pyridine rings is 1. The fourth-order valence-corrected chi connectivity index (χ4v) is 5.01. The van der Waals surface area contributed by atoms with Gasteiger partial charge >= 0.3 is 0 Å². The van der Waals surface area contributed by atoms with E-state index in [9.17, 15) is 4.79 Å². The van der Waals surface area contributed by atoms with E-state index in [4.69, 9.17) is 4.98 Å². The van der Waals surface area contributed by atoms with Crippen LogP contribution in [0.5, 0.6) is 0 Å². The van der Waals surface area contributed by atoms with E-state index in [0.29, 0.717) is 12.5 Å². The van der Waals surface area contributed by atoms with Gasteiger partial charge in [0.2, 0.25) is 5.91 Å². The number of nitrogens with zero attached hydrogens (tertiary/aromatic N) is 5. The molecule has 1 amide bonds. The van der Waals surface area contributed by atoms with Crippen LogP contribution in [0.2, 0.25) is 0 Å². The van der Waals surface area contributed by atoms with Gasteiger partial charge in [-0.25, -0.2) is 15.0 Å². The number of imidazole rings is 1. The Bertz CT molecular complexity index is 1230. The summed E-state index contributed by atoms with van der Waals surface area (Å²) in [6.45, 7) is 5.92. The second-order valence-electron chi connectivity index (χ2n) is 8.25. The molecule has 1 aliphatic heterocycles. The van der Waals surface area contributed by atoms with Crippen LogP contribution < -0.4 is 5.32 Å². The van der Waals surface area contributed by atoms with Crippen molar-refractivity contribution in [3.63, 3.8) is 0 Å². The number of hydrogen-bond acceptors (Lipinski definition) is 6. The molecule has 1 aromatic carbocycles. The van der Waals surface area contributed by atoms with Crippen LogP contribution in [0.25, 0.3) is 11.0 Å². The highest BCUT2D eigenvalue weighted by Crippen LogP contribution is 2.29. The molecule has 0 atom stereocenters. The number of carbonyl (C=O) groups is 1. The number of likely N-dealkylation sites (tertiary alicyclic amines) is 1. The van der Waals surface area contributed by atoms with Crippen molar-refractivity contribution in [3.05, 3.63) is 65.1 Å². The topological polar surface area (TPSA) is 75.9 Å². The zero-order chi connectivity index (χ0) is 22.1. The second kappa shape index (κ2) is 8.70. The van der Waals surface area contributed by atoms with Crippen LogP contribution in [0.4, 0.5) is 10.9 Å². The molecule has 4 heterocycles. The van der Waals surface area contributed by atoms with E-state index < -0.39 is 0 Å². The number of para-hydroxylation sites is 2. The first-order valence-corrected chi connectivity index (χ1v) is 11.7. The first-order chi connectivity index (χ1) is 15.6. The van der Waals surface area contributed by atoms with E-state index in [1.165, 1.54) is 4.88 Å². The van der Waals surface area contributed by atoms with Crippen molar-refractivity contribution in [2.24, 2.45) is 0 Å². The van der Waals surface area contributed by atoms with Crippen LogP contribution >= 0.6 is 11.3 Å². The number of aryl methyl sites for hydroxylation is 2. The van der Waals surface area contributed by atoms with Crippen molar-refractivity contribution in [1.82, 2.24) is 24.4 Å². The van der Waals surface area contributed by atoms with Gasteiger partial charge in [-0.3, -0.25) is 4.79 Å². The summed E-state index contributed by atoms with van der Waals surface area (Å²) in [6, 6.07) is 14.0. The normalized spacial score (nSPS) is 14.8. The summed E-state index contributed by atoms with van der Waals surface area (Å²) in [5, 5.41) is 4.21. The molecule has 5 rings (SSSR count). The van der Waals surface area contributed by atoms with Gasteiger partial charge in [-0.05, 0) is 51.0 Å². The third kappa shape index (κ3) is 4.23. The van der Waals surface area contributed by atoms with Gasteiger partial charge in [0.15, 0.2) is 5.13 Å². The molecule has 0 saturated carbocycles. The molecule has 1 aliphatic rings. The number of nitrogens with one attached hydrogen (secondary N) is 1. The van der Waals surface area contributed by atoms with Gasteiger partial charge in [0.25, 0.3) is 0 Å². The monoisotopic (exact) mass is 446 g/mol. The van der Waals surface area contributed by atoms with E-state index >= 15 is 0 Å². The number of hydrogen-bond donors (Lipinski definition) is 1. The zero-order valence-corrected chi connectivity index (χ0v) is 19.1. The lowest BCUT2D eigenvalue weighted by molar-refractivity contribution is -0.132. The van der Waals surface area contributed by atoms with Gasteiger partial charge in [0.1, 0.15) is 12.4 Å². The second-order valence-corrected chi connectivity index (χ2v) is 9.45. The van der Waals surface area contributed by atoms with Gasteiger partial charge in [0.05, 0.1) is 23.1 Å². The third-order valence-corrected chi connectivity index (χ3v) is 7.12. The van der Waals surface area contributed by atoms with Crippen molar-refractivity contribution in [2.45, 2.75) is 39.2 Å². The standard InChI is InChI=1S/C24H26N6OS/c1-16-17(2)32-24(26-16)28-22-9-5-7-19(27-22)18-10-12-29(13-11-18)23(31)14-30-15-25-20-6-3-4-8-21(20)30/h3-9,15,18H,10-14H2,1-2H3,(H,26,27,28). The first kappa shape index (κ1) is 20.6. The summed E-state index contributed by atoms with van der Waals surface area (Å²) in [5.74, 6) is 1.32. The number of rotatable bonds is 5. The van der Waals surface area contributed by atoms with Crippen LogP contribution in [0.3, 0.4) is 0 Å². The third-order valence-electron chi connectivity index (χ3n) is 6.13. The van der Waals surface area contributed by atoms with Crippen LogP contribution in [0.1, 0.15) is 35.0 Å². The first-order valence-electron chi connectivity index (χ1n) is 10.9. The number of benzene rings is 1. The molecular weight excluding hydrogens is 420 g/mol. The number of amides is 1. The molecule has 3 aromatic heterocycles. The van der Waals surface area contributed by atoms with Crippen molar-refractivity contribution < 1.29 is 4.79 Å². The van der Waals surface area contributed by atoms with Gasteiger partial charge < -0.3 is 14.8 Å². The Hall–Kier alpha value is -3.26. The van der Waals surface area contributed by atoms with Crippen LogP contribution in [0.15, 0.2) is 48.8 Å². The number of piperidine rings is 1.